The van der Waals surface area contributed by atoms with Crippen molar-refractivity contribution in [2.24, 2.45) is 5.92 Å². The summed E-state index contributed by atoms with van der Waals surface area (Å²) in [6.07, 6.45) is 5.56. The summed E-state index contributed by atoms with van der Waals surface area (Å²) in [5.41, 5.74) is 0. The molecule has 2 aliphatic rings. The van der Waals surface area contributed by atoms with Crippen LogP contribution in [0.5, 0.6) is 0 Å². The van der Waals surface area contributed by atoms with Gasteiger partial charge >= 0.3 is 0 Å². The lowest BCUT2D eigenvalue weighted by Crippen LogP contribution is -2.35. The molecule has 0 aromatic heterocycles. The van der Waals surface area contributed by atoms with Gasteiger partial charge in [0.05, 0.1) is 5.75 Å². The van der Waals surface area contributed by atoms with E-state index < -0.39 is 10.0 Å². The summed E-state index contributed by atoms with van der Waals surface area (Å²) in [5.74, 6) is 1.03. The highest BCUT2D eigenvalue weighted by Crippen LogP contribution is 2.30. The Hall–Kier alpha value is -0.130. The lowest BCUT2D eigenvalue weighted by Gasteiger charge is -2.26. The zero-order chi connectivity index (χ0) is 11.6. The molecule has 1 heterocycles. The van der Waals surface area contributed by atoms with E-state index in [1.54, 1.807) is 4.31 Å². The lowest BCUT2D eigenvalue weighted by atomic mass is 9.84. The van der Waals surface area contributed by atoms with E-state index in [4.69, 9.17) is 0 Å². The van der Waals surface area contributed by atoms with Crippen molar-refractivity contribution in [1.82, 2.24) is 9.62 Å². The van der Waals surface area contributed by atoms with Gasteiger partial charge in [0, 0.05) is 19.1 Å². The van der Waals surface area contributed by atoms with Crippen molar-refractivity contribution >= 4 is 10.0 Å². The molecule has 1 atom stereocenters. The van der Waals surface area contributed by atoms with Gasteiger partial charge in [-0.25, -0.2) is 12.7 Å². The molecule has 0 aromatic rings. The maximum Gasteiger partial charge on any atom is 0.214 e. The molecule has 0 spiro atoms. The van der Waals surface area contributed by atoms with Crippen molar-refractivity contribution in [2.75, 3.05) is 25.9 Å². The Morgan fingerprint density at radius 1 is 1.31 bits per heavy atom. The molecule has 2 fully saturated rings. The van der Waals surface area contributed by atoms with Gasteiger partial charge in [0.25, 0.3) is 0 Å². The maximum atomic E-state index is 12.0. The average molecular weight is 246 g/mol. The Morgan fingerprint density at radius 2 is 2.06 bits per heavy atom. The Bertz CT molecular complexity index is 325. The first kappa shape index (κ1) is 12.3. The molecular formula is C11H22N2O2S. The minimum atomic E-state index is -2.98. The second kappa shape index (κ2) is 5.02. The molecular weight excluding hydrogens is 224 g/mol. The smallest absolute Gasteiger partial charge is 0.214 e. The van der Waals surface area contributed by atoms with Gasteiger partial charge in [0.15, 0.2) is 0 Å². The van der Waals surface area contributed by atoms with Crippen LogP contribution in [0.15, 0.2) is 0 Å². The molecule has 1 saturated heterocycles. The SMILES string of the molecule is CNC1CCN(S(=O)(=O)CCC2CCC2)C1. The van der Waals surface area contributed by atoms with E-state index in [1.165, 1.54) is 19.3 Å². The van der Waals surface area contributed by atoms with Crippen LogP contribution in [-0.2, 0) is 10.0 Å². The van der Waals surface area contributed by atoms with Gasteiger partial charge in [-0.1, -0.05) is 19.3 Å². The fraction of sp³-hybridized carbons (Fsp3) is 1.00. The largest absolute Gasteiger partial charge is 0.316 e. The molecule has 94 valence electrons. The van der Waals surface area contributed by atoms with E-state index in [0.29, 0.717) is 30.8 Å². The standard InChI is InChI=1S/C11H22N2O2S/c1-12-11-5-7-13(9-11)16(14,15)8-6-10-3-2-4-10/h10-12H,2-9H2,1H3. The summed E-state index contributed by atoms with van der Waals surface area (Å²) in [5, 5.41) is 3.15. The van der Waals surface area contributed by atoms with Gasteiger partial charge in [-0.05, 0) is 25.8 Å². The molecule has 1 unspecified atom stereocenters. The first-order valence-corrected chi connectivity index (χ1v) is 7.88. The zero-order valence-corrected chi connectivity index (χ0v) is 10.8. The van der Waals surface area contributed by atoms with Crippen LogP contribution in [0, 0.1) is 5.92 Å². The fourth-order valence-electron chi connectivity index (χ4n) is 2.44. The number of likely N-dealkylation sites (N-methyl/N-ethyl adjacent to an activating group) is 1. The van der Waals surface area contributed by atoms with E-state index in [-0.39, 0.29) is 0 Å². The van der Waals surface area contributed by atoms with Gasteiger partial charge in [-0.2, -0.15) is 0 Å². The van der Waals surface area contributed by atoms with Crippen LogP contribution in [0.4, 0.5) is 0 Å². The Kier molecular flexibility index (Phi) is 3.87. The van der Waals surface area contributed by atoms with Gasteiger partial charge in [-0.15, -0.1) is 0 Å². The van der Waals surface area contributed by atoms with Crippen molar-refractivity contribution in [2.45, 2.75) is 38.1 Å². The molecule has 0 radical (unpaired) electrons. The molecule has 2 rings (SSSR count). The van der Waals surface area contributed by atoms with Crippen molar-refractivity contribution in [1.29, 1.82) is 0 Å². The van der Waals surface area contributed by atoms with Crippen LogP contribution in [0.1, 0.15) is 32.1 Å². The number of nitrogens with one attached hydrogen (secondary N) is 1. The predicted octanol–water partition coefficient (Wildman–Crippen LogP) is 0.800. The van der Waals surface area contributed by atoms with Gasteiger partial charge in [0.2, 0.25) is 10.0 Å². The summed E-state index contributed by atoms with van der Waals surface area (Å²) in [7, 11) is -1.08. The molecule has 1 N–H and O–H groups in total. The van der Waals surface area contributed by atoms with Crippen LogP contribution in [-0.4, -0.2) is 44.7 Å². The predicted molar refractivity (Wildman–Crippen MR) is 64.8 cm³/mol. The quantitative estimate of drug-likeness (QED) is 0.780. The third kappa shape index (κ3) is 2.76. The molecule has 1 aliphatic heterocycles. The average Bonchev–Trinajstić information content (AvgIpc) is 2.63. The molecule has 16 heavy (non-hydrogen) atoms. The minimum Gasteiger partial charge on any atom is -0.316 e. The Morgan fingerprint density at radius 3 is 2.56 bits per heavy atom. The number of sulfonamides is 1. The third-order valence-corrected chi connectivity index (χ3v) is 5.83. The molecule has 1 saturated carbocycles. The Labute approximate surface area is 98.4 Å². The highest BCUT2D eigenvalue weighted by Gasteiger charge is 2.31. The van der Waals surface area contributed by atoms with Crippen LogP contribution in [0.2, 0.25) is 0 Å². The van der Waals surface area contributed by atoms with E-state index in [9.17, 15) is 8.42 Å². The normalized spacial score (nSPS) is 28.2. The van der Waals surface area contributed by atoms with Crippen LogP contribution < -0.4 is 5.32 Å². The molecule has 0 aromatic carbocycles. The molecule has 0 amide bonds. The number of rotatable bonds is 5. The van der Waals surface area contributed by atoms with Crippen molar-refractivity contribution in [3.8, 4) is 0 Å². The van der Waals surface area contributed by atoms with Crippen molar-refractivity contribution in [3.05, 3.63) is 0 Å². The monoisotopic (exact) mass is 246 g/mol. The highest BCUT2D eigenvalue weighted by atomic mass is 32.2. The molecule has 4 nitrogen and oxygen atoms in total. The summed E-state index contributed by atoms with van der Waals surface area (Å²) in [4.78, 5) is 0. The highest BCUT2D eigenvalue weighted by molar-refractivity contribution is 7.89. The lowest BCUT2D eigenvalue weighted by molar-refractivity contribution is 0.305. The van der Waals surface area contributed by atoms with Gasteiger partial charge < -0.3 is 5.32 Å². The van der Waals surface area contributed by atoms with E-state index in [1.807, 2.05) is 7.05 Å². The number of hydrogen-bond donors (Lipinski definition) is 1. The molecule has 0 bridgehead atoms. The van der Waals surface area contributed by atoms with Crippen molar-refractivity contribution < 1.29 is 8.42 Å². The summed E-state index contributed by atoms with van der Waals surface area (Å²) >= 11 is 0. The second-order valence-electron chi connectivity index (χ2n) is 5.03. The maximum absolute atomic E-state index is 12.0. The number of nitrogens with zero attached hydrogens (tertiary/aromatic N) is 1. The second-order valence-corrected chi connectivity index (χ2v) is 7.12. The van der Waals surface area contributed by atoms with Crippen molar-refractivity contribution in [3.63, 3.8) is 0 Å². The zero-order valence-electron chi connectivity index (χ0n) is 9.98. The van der Waals surface area contributed by atoms with E-state index >= 15 is 0 Å². The summed E-state index contributed by atoms with van der Waals surface area (Å²) in [6.45, 7) is 1.35. The topological polar surface area (TPSA) is 49.4 Å². The summed E-state index contributed by atoms with van der Waals surface area (Å²) < 4.78 is 25.7. The first-order valence-electron chi connectivity index (χ1n) is 6.27. The summed E-state index contributed by atoms with van der Waals surface area (Å²) in [6, 6.07) is 0.346. The molecule has 5 heteroatoms. The minimum absolute atomic E-state index is 0.346. The van der Waals surface area contributed by atoms with Gasteiger partial charge in [-0.3, -0.25) is 0 Å². The fourth-order valence-corrected chi connectivity index (χ4v) is 4.12. The number of hydrogen-bond acceptors (Lipinski definition) is 3. The Balaban J connectivity index is 1.82. The molecule has 1 aliphatic carbocycles. The van der Waals surface area contributed by atoms with Crippen LogP contribution in [0.25, 0.3) is 0 Å². The van der Waals surface area contributed by atoms with Gasteiger partial charge in [0.1, 0.15) is 0 Å². The van der Waals surface area contributed by atoms with Crippen LogP contribution >= 0.6 is 0 Å². The first-order chi connectivity index (χ1) is 7.62. The van der Waals surface area contributed by atoms with E-state index in [2.05, 4.69) is 5.32 Å². The van der Waals surface area contributed by atoms with Crippen LogP contribution in [0.3, 0.4) is 0 Å². The van der Waals surface area contributed by atoms with E-state index in [0.717, 1.165) is 12.8 Å². The third-order valence-electron chi connectivity index (χ3n) is 3.96.